The van der Waals surface area contributed by atoms with Crippen LogP contribution < -0.4 is 11.2 Å². The van der Waals surface area contributed by atoms with E-state index in [9.17, 15) is 15.0 Å². The summed E-state index contributed by atoms with van der Waals surface area (Å²) in [6.45, 7) is 4.87. The van der Waals surface area contributed by atoms with E-state index in [4.69, 9.17) is 10.1 Å². The molecule has 8 heteroatoms. The smallest absolute Gasteiger partial charge is 0.331 e. The fraction of sp³-hybridized carbons (Fsp3) is 0.667. The Bertz CT molecular complexity index is 735. The molecule has 0 spiro atoms. The molecule has 0 aromatic carbocycles. The van der Waals surface area contributed by atoms with E-state index in [0.717, 1.165) is 10.7 Å². The molecule has 1 aliphatic rings. The number of aromatic nitrogens is 2. The summed E-state index contributed by atoms with van der Waals surface area (Å²) in [7, 11) is 1.48. The van der Waals surface area contributed by atoms with Crippen molar-refractivity contribution in [2.45, 2.75) is 31.5 Å². The molecule has 23 heavy (non-hydrogen) atoms. The van der Waals surface area contributed by atoms with E-state index in [-0.39, 0.29) is 11.4 Å². The van der Waals surface area contributed by atoms with Crippen LogP contribution in [0.15, 0.2) is 17.1 Å². The zero-order valence-corrected chi connectivity index (χ0v) is 14.9. The average molecular weight is 343 g/mol. The summed E-state index contributed by atoms with van der Waals surface area (Å²) in [5, 5.41) is 28.3. The maximum Gasteiger partial charge on any atom is 0.331 e. The van der Waals surface area contributed by atoms with Gasteiger partial charge in [0.15, 0.2) is 6.23 Å². The Kier molecular flexibility index (Phi) is 5.06. The molecule has 0 amide bonds. The SMILES string of the molecule is C=P(C)(C)CC(C)[C@H]1O[C@@H](n2ccc(=N)n(C)c2=O)[C@H](O)[C@@H]1O. The van der Waals surface area contributed by atoms with Gasteiger partial charge in [0.25, 0.3) is 0 Å². The van der Waals surface area contributed by atoms with Gasteiger partial charge in [-0.25, -0.2) is 4.79 Å². The monoisotopic (exact) mass is 343 g/mol. The van der Waals surface area contributed by atoms with E-state index in [1.54, 1.807) is 0 Å². The zero-order valence-electron chi connectivity index (χ0n) is 14.0. The summed E-state index contributed by atoms with van der Waals surface area (Å²) >= 11 is 0. The van der Waals surface area contributed by atoms with Gasteiger partial charge in [0.1, 0.15) is 17.7 Å². The van der Waals surface area contributed by atoms with Crippen LogP contribution in [-0.2, 0) is 11.8 Å². The van der Waals surface area contributed by atoms with E-state index < -0.39 is 37.1 Å². The number of hydrogen-bond donors (Lipinski definition) is 3. The Morgan fingerprint density at radius 1 is 1.43 bits per heavy atom. The van der Waals surface area contributed by atoms with Crippen LogP contribution in [0.2, 0.25) is 0 Å². The van der Waals surface area contributed by atoms with Crippen LogP contribution in [0, 0.1) is 11.3 Å². The van der Waals surface area contributed by atoms with Gasteiger partial charge >= 0.3 is 5.69 Å². The van der Waals surface area contributed by atoms with E-state index in [1.165, 1.54) is 23.9 Å². The van der Waals surface area contributed by atoms with Crippen LogP contribution in [0.3, 0.4) is 0 Å². The van der Waals surface area contributed by atoms with Crippen molar-refractivity contribution in [2.24, 2.45) is 13.0 Å². The minimum absolute atomic E-state index is 0.0189. The summed E-state index contributed by atoms with van der Waals surface area (Å²) in [6, 6.07) is 1.45. The fourth-order valence-electron chi connectivity index (χ4n) is 3.07. The van der Waals surface area contributed by atoms with Gasteiger partial charge in [-0.2, -0.15) is 0 Å². The molecule has 0 bridgehead atoms. The van der Waals surface area contributed by atoms with Gasteiger partial charge in [0.2, 0.25) is 0 Å². The highest BCUT2D eigenvalue weighted by atomic mass is 31.2. The number of rotatable bonds is 4. The summed E-state index contributed by atoms with van der Waals surface area (Å²) in [4.78, 5) is 12.3. The Morgan fingerprint density at radius 3 is 2.61 bits per heavy atom. The second-order valence-corrected chi connectivity index (χ2v) is 11.3. The first-order valence-electron chi connectivity index (χ1n) is 7.54. The van der Waals surface area contributed by atoms with Crippen molar-refractivity contribution in [1.29, 1.82) is 5.41 Å². The number of aliphatic hydroxyl groups is 2. The molecule has 2 heterocycles. The van der Waals surface area contributed by atoms with Crippen LogP contribution in [-0.4, -0.2) is 63.5 Å². The maximum absolute atomic E-state index is 12.3. The summed E-state index contributed by atoms with van der Waals surface area (Å²) in [5.74, 6) is 0.0189. The number of hydrogen-bond acceptors (Lipinski definition) is 5. The predicted octanol–water partition coefficient (Wildman–Crippen LogP) is -0.369. The molecule has 0 saturated carbocycles. The number of ether oxygens (including phenoxy) is 1. The van der Waals surface area contributed by atoms with Crippen molar-refractivity contribution in [1.82, 2.24) is 9.13 Å². The van der Waals surface area contributed by atoms with Crippen molar-refractivity contribution in [2.75, 3.05) is 19.5 Å². The third kappa shape index (κ3) is 3.69. The molecule has 0 aliphatic carbocycles. The Balaban J connectivity index is 2.30. The third-order valence-electron chi connectivity index (χ3n) is 4.15. The standard InChI is InChI=1S/C15H26N3O4P/c1-9(8-23(3,4)5)13-11(19)12(20)14(22-13)18-7-6-10(16)17(2)15(18)21/h6-7,9,11-14,16,19-20H,3,8H2,1-2,4-5H3/t9?,11-,12+,13+,14+/m0/s1. The summed E-state index contributed by atoms with van der Waals surface area (Å²) < 4.78 is 8.22. The van der Waals surface area contributed by atoms with Crippen molar-refractivity contribution in [3.63, 3.8) is 0 Å². The Labute approximate surface area is 135 Å². The van der Waals surface area contributed by atoms with Gasteiger partial charge in [-0.15, -0.1) is 13.2 Å². The minimum atomic E-state index is -1.31. The first kappa shape index (κ1) is 18.2. The molecule has 0 radical (unpaired) electrons. The molecule has 1 aromatic rings. The lowest BCUT2D eigenvalue weighted by Crippen LogP contribution is -2.41. The molecule has 3 N–H and O–H groups in total. The zero-order chi connectivity index (χ0) is 17.5. The first-order valence-corrected chi connectivity index (χ1v) is 10.6. The molecule has 1 saturated heterocycles. The van der Waals surface area contributed by atoms with E-state index in [2.05, 4.69) is 19.6 Å². The van der Waals surface area contributed by atoms with Crippen molar-refractivity contribution < 1.29 is 14.9 Å². The molecule has 1 aliphatic heterocycles. The molecular weight excluding hydrogens is 317 g/mol. The van der Waals surface area contributed by atoms with Gasteiger partial charge in [-0.3, -0.25) is 14.5 Å². The van der Waals surface area contributed by atoms with Crippen LogP contribution in [0.5, 0.6) is 0 Å². The summed E-state index contributed by atoms with van der Waals surface area (Å²) in [5.41, 5.74) is -0.403. The quantitative estimate of drug-likeness (QED) is 0.650. The van der Waals surface area contributed by atoms with Crippen molar-refractivity contribution in [3.8, 4) is 0 Å². The molecule has 1 aromatic heterocycles. The molecule has 5 atom stereocenters. The molecule has 1 fully saturated rings. The van der Waals surface area contributed by atoms with Gasteiger partial charge in [0, 0.05) is 13.2 Å². The lowest BCUT2D eigenvalue weighted by molar-refractivity contribution is -0.0534. The van der Waals surface area contributed by atoms with Crippen LogP contribution >= 0.6 is 6.89 Å². The van der Waals surface area contributed by atoms with Gasteiger partial charge in [-0.05, 0) is 31.5 Å². The van der Waals surface area contributed by atoms with Crippen LogP contribution in [0.25, 0.3) is 0 Å². The topological polar surface area (TPSA) is 100 Å². The number of nitrogens with one attached hydrogen (secondary N) is 1. The lowest BCUT2D eigenvalue weighted by atomic mass is 10.0. The highest BCUT2D eigenvalue weighted by Gasteiger charge is 2.46. The Hall–Kier alpha value is -1.14. The van der Waals surface area contributed by atoms with E-state index in [1.807, 2.05) is 6.92 Å². The number of aliphatic hydroxyl groups excluding tert-OH is 2. The first-order chi connectivity index (χ1) is 10.5. The van der Waals surface area contributed by atoms with E-state index in [0.29, 0.717) is 0 Å². The summed E-state index contributed by atoms with van der Waals surface area (Å²) in [6.07, 6.45) is 2.65. The molecule has 2 rings (SSSR count). The minimum Gasteiger partial charge on any atom is -0.388 e. The fourth-order valence-corrected chi connectivity index (χ4v) is 4.83. The second kappa shape index (κ2) is 6.40. The van der Waals surface area contributed by atoms with E-state index >= 15 is 0 Å². The average Bonchev–Trinajstić information content (AvgIpc) is 2.72. The largest absolute Gasteiger partial charge is 0.388 e. The second-order valence-electron chi connectivity index (χ2n) is 7.02. The highest BCUT2D eigenvalue weighted by molar-refractivity contribution is 7.72. The highest BCUT2D eigenvalue weighted by Crippen LogP contribution is 2.41. The van der Waals surface area contributed by atoms with Gasteiger partial charge < -0.3 is 14.9 Å². The van der Waals surface area contributed by atoms with Crippen molar-refractivity contribution in [3.05, 3.63) is 28.2 Å². The van der Waals surface area contributed by atoms with Crippen LogP contribution in [0.4, 0.5) is 0 Å². The normalized spacial score (nSPS) is 29.7. The third-order valence-corrected chi connectivity index (χ3v) is 5.72. The predicted molar refractivity (Wildman–Crippen MR) is 91.4 cm³/mol. The molecule has 7 nitrogen and oxygen atoms in total. The van der Waals surface area contributed by atoms with Gasteiger partial charge in [-0.1, -0.05) is 6.92 Å². The maximum atomic E-state index is 12.3. The molecule has 130 valence electrons. The molecular formula is C15H26N3O4P. The molecule has 1 unspecified atom stereocenters. The van der Waals surface area contributed by atoms with Crippen LogP contribution in [0.1, 0.15) is 13.2 Å². The van der Waals surface area contributed by atoms with Crippen molar-refractivity contribution >= 4 is 13.2 Å². The number of nitrogens with zero attached hydrogens (tertiary/aromatic N) is 2. The Morgan fingerprint density at radius 2 is 2.04 bits per heavy atom. The van der Waals surface area contributed by atoms with Gasteiger partial charge in [0.05, 0.1) is 6.10 Å². The lowest BCUT2D eigenvalue weighted by Gasteiger charge is -2.26.